The highest BCUT2D eigenvalue weighted by Gasteiger charge is 2.40. The molecular weight excluding hydrogens is 451 g/mol. The Hall–Kier alpha value is -1.72. The number of anilines is 2. The van der Waals surface area contributed by atoms with Gasteiger partial charge in [0.25, 0.3) is 0 Å². The third-order valence-corrected chi connectivity index (χ3v) is 6.66. The van der Waals surface area contributed by atoms with Crippen molar-refractivity contribution in [3.8, 4) is 0 Å². The number of halogens is 1. The van der Waals surface area contributed by atoms with Gasteiger partial charge in [0.15, 0.2) is 0 Å². The van der Waals surface area contributed by atoms with Crippen LogP contribution >= 0.6 is 15.9 Å². The van der Waals surface area contributed by atoms with E-state index < -0.39 is 7.12 Å². The molecule has 2 aromatic heterocycles. The molecule has 4 atom stereocenters. The lowest BCUT2D eigenvalue weighted by Gasteiger charge is -2.28. The van der Waals surface area contributed by atoms with Gasteiger partial charge in [0.2, 0.25) is 0 Å². The van der Waals surface area contributed by atoms with Gasteiger partial charge in [0, 0.05) is 30.0 Å². The molecule has 6 heterocycles. The van der Waals surface area contributed by atoms with Crippen molar-refractivity contribution in [2.24, 2.45) is 0 Å². The average molecular weight is 475 g/mol. The predicted molar refractivity (Wildman–Crippen MR) is 117 cm³/mol. The molecular formula is C20H24BBrN4O4. The molecule has 4 fully saturated rings. The third kappa shape index (κ3) is 4.07. The van der Waals surface area contributed by atoms with Crippen molar-refractivity contribution < 1.29 is 19.5 Å². The zero-order chi connectivity index (χ0) is 20.7. The normalized spacial score (nSPS) is 28.6. The molecule has 0 spiro atoms. The fraction of sp³-hybridized carbons (Fsp3) is 0.500. The minimum absolute atomic E-state index is 0.314. The Morgan fingerprint density at radius 2 is 1.47 bits per heavy atom. The highest BCUT2D eigenvalue weighted by molar-refractivity contribution is 9.10. The molecule has 4 bridgehead atoms. The van der Waals surface area contributed by atoms with Gasteiger partial charge in [0.1, 0.15) is 11.6 Å². The first-order valence-electron chi connectivity index (χ1n) is 10.3. The Labute approximate surface area is 184 Å². The number of nitrogens with zero attached hydrogens (tertiary/aromatic N) is 4. The van der Waals surface area contributed by atoms with Crippen molar-refractivity contribution in [1.82, 2.24) is 9.97 Å². The van der Waals surface area contributed by atoms with Crippen molar-refractivity contribution in [3.05, 3.63) is 41.1 Å². The molecule has 0 aromatic carbocycles. The Morgan fingerprint density at radius 3 is 1.93 bits per heavy atom. The van der Waals surface area contributed by atoms with Crippen LogP contribution in [0.4, 0.5) is 11.6 Å². The van der Waals surface area contributed by atoms with Crippen LogP contribution < -0.4 is 15.3 Å². The summed E-state index contributed by atoms with van der Waals surface area (Å²) in [6.45, 7) is 3.45. The Balaban J connectivity index is 0.000000130. The predicted octanol–water partition coefficient (Wildman–Crippen LogP) is 0.560. The second kappa shape index (κ2) is 8.43. The minimum Gasteiger partial charge on any atom is -0.423 e. The second-order valence-electron chi connectivity index (χ2n) is 8.15. The number of pyridine rings is 2. The minimum atomic E-state index is -1.43. The monoisotopic (exact) mass is 474 g/mol. The number of fused-ring (bicyclic) bond motifs is 4. The van der Waals surface area contributed by atoms with Crippen LogP contribution in [0.15, 0.2) is 41.1 Å². The SMILES string of the molecule is Brc1ccnc(N2C[C@H]3C[C@@H]2CO3)c1.OB(O)c1ccnc(N2C[C@H]3C[C@@H]2CO3)c1. The van der Waals surface area contributed by atoms with Crippen molar-refractivity contribution in [3.63, 3.8) is 0 Å². The number of rotatable bonds is 3. The van der Waals surface area contributed by atoms with Crippen LogP contribution in [0, 0.1) is 0 Å². The van der Waals surface area contributed by atoms with E-state index in [0.717, 1.165) is 55.3 Å². The van der Waals surface area contributed by atoms with E-state index in [1.165, 1.54) is 0 Å². The van der Waals surface area contributed by atoms with Crippen LogP contribution in [0.25, 0.3) is 0 Å². The summed E-state index contributed by atoms with van der Waals surface area (Å²) in [6, 6.07) is 8.30. The maximum absolute atomic E-state index is 9.11. The quantitative estimate of drug-likeness (QED) is 0.623. The van der Waals surface area contributed by atoms with Gasteiger partial charge < -0.3 is 29.3 Å². The van der Waals surface area contributed by atoms with Crippen molar-refractivity contribution >= 4 is 40.1 Å². The molecule has 30 heavy (non-hydrogen) atoms. The molecule has 4 saturated heterocycles. The average Bonchev–Trinajstić information content (AvgIpc) is 3.56. The van der Waals surface area contributed by atoms with Gasteiger partial charge in [0.05, 0.1) is 37.5 Å². The van der Waals surface area contributed by atoms with E-state index in [-0.39, 0.29) is 0 Å². The molecule has 2 N–H and O–H groups in total. The zero-order valence-corrected chi connectivity index (χ0v) is 18.1. The standard InChI is InChI=1S/C10H13BN2O3.C10H11BrN2O/c14-11(15)7-1-2-12-10(3-7)13-5-9-4-8(13)6-16-9;11-7-1-2-12-10(3-7)13-5-9-4-8(13)6-14-9/h1-3,8-9,14-15H,4-6H2;1-3,8-9H,4-6H2/t2*8-,9-/m11/s1. The van der Waals surface area contributed by atoms with E-state index in [4.69, 9.17) is 19.5 Å². The highest BCUT2D eigenvalue weighted by atomic mass is 79.9. The number of ether oxygens (including phenoxy) is 2. The Morgan fingerprint density at radius 1 is 0.900 bits per heavy atom. The molecule has 0 aliphatic carbocycles. The van der Waals surface area contributed by atoms with Crippen molar-refractivity contribution in [1.29, 1.82) is 0 Å². The first kappa shape index (κ1) is 20.2. The molecule has 2 aromatic rings. The van der Waals surface area contributed by atoms with Crippen LogP contribution in [0.5, 0.6) is 0 Å². The van der Waals surface area contributed by atoms with E-state index in [2.05, 4.69) is 41.8 Å². The van der Waals surface area contributed by atoms with Gasteiger partial charge in [-0.15, -0.1) is 0 Å². The third-order valence-electron chi connectivity index (χ3n) is 6.16. The molecule has 4 aliphatic rings. The Bertz CT molecular complexity index is 907. The van der Waals surface area contributed by atoms with Crippen LogP contribution in [0.3, 0.4) is 0 Å². The fourth-order valence-corrected chi connectivity index (χ4v) is 4.99. The smallest absolute Gasteiger partial charge is 0.423 e. The summed E-state index contributed by atoms with van der Waals surface area (Å²) in [5, 5.41) is 18.2. The Kier molecular flexibility index (Phi) is 5.68. The van der Waals surface area contributed by atoms with Crippen LogP contribution in [0.1, 0.15) is 12.8 Å². The van der Waals surface area contributed by atoms with Gasteiger partial charge in [-0.1, -0.05) is 15.9 Å². The lowest BCUT2D eigenvalue weighted by Crippen LogP contribution is -2.39. The summed E-state index contributed by atoms with van der Waals surface area (Å²) in [5.41, 5.74) is 0.480. The summed E-state index contributed by atoms with van der Waals surface area (Å²) < 4.78 is 12.2. The fourth-order valence-electron chi connectivity index (χ4n) is 4.66. The maximum Gasteiger partial charge on any atom is 0.488 e. The first-order valence-corrected chi connectivity index (χ1v) is 11.1. The molecule has 6 rings (SSSR count). The maximum atomic E-state index is 9.11. The van der Waals surface area contributed by atoms with Crippen LogP contribution in [-0.4, -0.2) is 77.7 Å². The number of hydrogen-bond donors (Lipinski definition) is 2. The summed E-state index contributed by atoms with van der Waals surface area (Å²) in [5.74, 6) is 1.87. The molecule has 4 aliphatic heterocycles. The van der Waals surface area contributed by atoms with Gasteiger partial charge in [-0.2, -0.15) is 0 Å². The van der Waals surface area contributed by atoms with E-state index in [0.29, 0.717) is 29.8 Å². The topological polar surface area (TPSA) is 91.2 Å². The molecule has 158 valence electrons. The van der Waals surface area contributed by atoms with Crippen LogP contribution in [0.2, 0.25) is 0 Å². The highest BCUT2D eigenvalue weighted by Crippen LogP contribution is 2.32. The number of aromatic nitrogens is 2. The second-order valence-corrected chi connectivity index (χ2v) is 9.06. The van der Waals surface area contributed by atoms with Gasteiger partial charge in [-0.3, -0.25) is 0 Å². The summed E-state index contributed by atoms with van der Waals surface area (Å²) in [7, 11) is -1.43. The number of morpholine rings is 2. The molecule has 10 heteroatoms. The molecule has 0 radical (unpaired) electrons. The molecule has 0 saturated carbocycles. The van der Waals surface area contributed by atoms with Gasteiger partial charge in [-0.05, 0) is 42.6 Å². The van der Waals surface area contributed by atoms with Crippen molar-refractivity contribution in [2.45, 2.75) is 37.1 Å². The molecule has 8 nitrogen and oxygen atoms in total. The molecule has 0 unspecified atom stereocenters. The van der Waals surface area contributed by atoms with E-state index in [1.807, 2.05) is 12.3 Å². The summed E-state index contributed by atoms with van der Waals surface area (Å²) in [6.07, 6.45) is 6.40. The number of hydrogen-bond acceptors (Lipinski definition) is 8. The first-order chi connectivity index (χ1) is 14.6. The van der Waals surface area contributed by atoms with Gasteiger partial charge in [-0.25, -0.2) is 9.97 Å². The van der Waals surface area contributed by atoms with Crippen LogP contribution in [-0.2, 0) is 9.47 Å². The van der Waals surface area contributed by atoms with E-state index in [9.17, 15) is 0 Å². The van der Waals surface area contributed by atoms with E-state index in [1.54, 1.807) is 18.3 Å². The largest absolute Gasteiger partial charge is 0.488 e. The van der Waals surface area contributed by atoms with Gasteiger partial charge >= 0.3 is 7.12 Å². The summed E-state index contributed by atoms with van der Waals surface area (Å²) >= 11 is 3.46. The van der Waals surface area contributed by atoms with Crippen molar-refractivity contribution in [2.75, 3.05) is 36.1 Å². The lowest BCUT2D eigenvalue weighted by molar-refractivity contribution is 0.0987. The lowest BCUT2D eigenvalue weighted by atomic mass is 9.81. The summed E-state index contributed by atoms with van der Waals surface area (Å²) in [4.78, 5) is 13.2. The zero-order valence-electron chi connectivity index (χ0n) is 16.5. The van der Waals surface area contributed by atoms with E-state index >= 15 is 0 Å². The molecule has 0 amide bonds.